The van der Waals surface area contributed by atoms with Crippen molar-refractivity contribution >= 4 is 75.3 Å². The minimum atomic E-state index is 0.693. The number of para-hydroxylation sites is 2. The Kier molecular flexibility index (Phi) is 4.18. The van der Waals surface area contributed by atoms with Crippen molar-refractivity contribution in [3.63, 3.8) is 0 Å². The molecule has 0 amide bonds. The molecule has 4 heterocycles. The average molecular weight is 517 g/mol. The van der Waals surface area contributed by atoms with Crippen LogP contribution in [-0.2, 0) is 0 Å². The lowest BCUT2D eigenvalue weighted by Crippen LogP contribution is -2.02. The van der Waals surface area contributed by atoms with Crippen LogP contribution in [0, 0.1) is 0 Å². The zero-order valence-corrected chi connectivity index (χ0v) is 21.5. The topological polar surface area (TPSA) is 46.5 Å². The second-order valence-corrected chi connectivity index (χ2v) is 11.0. The Morgan fingerprint density at radius 3 is 2.18 bits per heavy atom. The second-order valence-electron chi connectivity index (χ2n) is 9.92. The fourth-order valence-corrected chi connectivity index (χ4v) is 7.20. The summed E-state index contributed by atoms with van der Waals surface area (Å²) < 4.78 is 3.46. The molecule has 5 aromatic carbocycles. The average Bonchev–Trinajstić information content (AvgIpc) is 3.66. The van der Waals surface area contributed by atoms with Crippen LogP contribution >= 0.6 is 11.3 Å². The van der Waals surface area contributed by atoms with Crippen LogP contribution in [0.2, 0.25) is 0 Å². The summed E-state index contributed by atoms with van der Waals surface area (Å²) in [5, 5.41) is 7.21. The van der Waals surface area contributed by atoms with Crippen molar-refractivity contribution in [1.29, 1.82) is 0 Å². The summed E-state index contributed by atoms with van der Waals surface area (Å²) in [5.74, 6) is 0.693. The third-order valence-electron chi connectivity index (χ3n) is 7.78. The van der Waals surface area contributed by atoms with Crippen molar-refractivity contribution in [2.45, 2.75) is 0 Å². The quantitative estimate of drug-likeness (QED) is 0.249. The lowest BCUT2D eigenvalue weighted by atomic mass is 10.1. The van der Waals surface area contributed by atoms with Gasteiger partial charge in [-0.3, -0.25) is 4.57 Å². The van der Waals surface area contributed by atoms with Gasteiger partial charge in [0, 0.05) is 53.6 Å². The molecule has 0 aliphatic rings. The minimum Gasteiger partial charge on any atom is -0.354 e. The molecule has 39 heavy (non-hydrogen) atoms. The molecule has 5 heteroatoms. The number of thiophene rings is 1. The summed E-state index contributed by atoms with van der Waals surface area (Å²) in [6.45, 7) is 0. The minimum absolute atomic E-state index is 0.693. The predicted molar refractivity (Wildman–Crippen MR) is 164 cm³/mol. The highest BCUT2D eigenvalue weighted by Crippen LogP contribution is 2.42. The molecular weight excluding hydrogens is 496 g/mol. The molecule has 182 valence electrons. The molecule has 0 radical (unpaired) electrons. The van der Waals surface area contributed by atoms with Crippen molar-refractivity contribution in [2.75, 3.05) is 0 Å². The van der Waals surface area contributed by atoms with Crippen molar-refractivity contribution in [3.05, 3.63) is 115 Å². The molecule has 0 fully saturated rings. The number of nitrogens with one attached hydrogen (secondary N) is 1. The lowest BCUT2D eigenvalue weighted by molar-refractivity contribution is 1.02. The van der Waals surface area contributed by atoms with Crippen molar-refractivity contribution in [2.24, 2.45) is 0 Å². The van der Waals surface area contributed by atoms with Gasteiger partial charge in [-0.15, -0.1) is 11.3 Å². The molecule has 4 nitrogen and oxygen atoms in total. The smallest absolute Gasteiger partial charge is 0.236 e. The predicted octanol–water partition coefficient (Wildman–Crippen LogP) is 9.24. The Morgan fingerprint density at radius 2 is 1.28 bits per heavy atom. The molecule has 1 N–H and O–H groups in total. The molecule has 0 saturated carbocycles. The summed E-state index contributed by atoms with van der Waals surface area (Å²) in [6.07, 6.45) is 0. The van der Waals surface area contributed by atoms with E-state index in [9.17, 15) is 0 Å². The maximum atomic E-state index is 5.32. The molecule has 0 aliphatic carbocycles. The Morgan fingerprint density at radius 1 is 0.538 bits per heavy atom. The highest BCUT2D eigenvalue weighted by molar-refractivity contribution is 7.25. The summed E-state index contributed by atoms with van der Waals surface area (Å²) in [6, 6.07) is 40.5. The van der Waals surface area contributed by atoms with Crippen LogP contribution in [0.15, 0.2) is 115 Å². The van der Waals surface area contributed by atoms with E-state index in [2.05, 4.69) is 119 Å². The fraction of sp³-hybridized carbons (Fsp3) is 0. The van der Waals surface area contributed by atoms with Gasteiger partial charge < -0.3 is 4.98 Å². The first-order valence-corrected chi connectivity index (χ1v) is 13.8. The number of hydrogen-bond acceptors (Lipinski definition) is 3. The van der Waals surface area contributed by atoms with Gasteiger partial charge in [0.25, 0.3) is 0 Å². The van der Waals surface area contributed by atoms with E-state index in [-0.39, 0.29) is 0 Å². The van der Waals surface area contributed by atoms with Crippen LogP contribution in [0.5, 0.6) is 0 Å². The van der Waals surface area contributed by atoms with Crippen molar-refractivity contribution in [1.82, 2.24) is 19.5 Å². The summed E-state index contributed by atoms with van der Waals surface area (Å²) >= 11 is 1.73. The molecule has 0 saturated heterocycles. The van der Waals surface area contributed by atoms with Gasteiger partial charge in [-0.25, -0.2) is 9.97 Å². The van der Waals surface area contributed by atoms with Gasteiger partial charge in [0.05, 0.1) is 16.7 Å². The standard InChI is InChI=1S/C34H20N4S/c1-2-10-20(11-3-1)32-31-23-14-6-9-17-28(23)39-33(31)37-34(36-32)38-26-16-8-5-13-22(26)30-27(38)19-18-25-29(30)21-12-4-7-15-24(21)35-25/h1-19,35H. The normalized spacial score (nSPS) is 12.1. The van der Waals surface area contributed by atoms with Gasteiger partial charge in [-0.1, -0.05) is 84.9 Å². The number of H-pyrrole nitrogens is 1. The van der Waals surface area contributed by atoms with E-state index < -0.39 is 0 Å². The molecular formula is C34H20N4S. The van der Waals surface area contributed by atoms with E-state index in [4.69, 9.17) is 9.97 Å². The van der Waals surface area contributed by atoms with E-state index in [0.29, 0.717) is 5.95 Å². The SMILES string of the molecule is c1ccc(-c2nc(-n3c4ccccc4c4c5c(ccc43)[nH]c3ccccc35)nc3sc4ccccc4c23)cc1. The van der Waals surface area contributed by atoms with Crippen LogP contribution in [-0.4, -0.2) is 19.5 Å². The van der Waals surface area contributed by atoms with Gasteiger partial charge in [-0.2, -0.15) is 0 Å². The maximum Gasteiger partial charge on any atom is 0.236 e. The molecule has 0 bridgehead atoms. The first-order chi connectivity index (χ1) is 19.3. The van der Waals surface area contributed by atoms with Crippen LogP contribution in [0.4, 0.5) is 0 Å². The van der Waals surface area contributed by atoms with E-state index >= 15 is 0 Å². The highest BCUT2D eigenvalue weighted by Gasteiger charge is 2.21. The summed E-state index contributed by atoms with van der Waals surface area (Å²) in [4.78, 5) is 15.2. The van der Waals surface area contributed by atoms with Crippen molar-refractivity contribution in [3.8, 4) is 17.2 Å². The van der Waals surface area contributed by atoms with Crippen LogP contribution in [0.25, 0.3) is 81.1 Å². The third-order valence-corrected chi connectivity index (χ3v) is 8.84. The van der Waals surface area contributed by atoms with Gasteiger partial charge in [0.15, 0.2) is 0 Å². The lowest BCUT2D eigenvalue weighted by Gasteiger charge is -2.10. The third kappa shape index (κ3) is 2.88. The summed E-state index contributed by atoms with van der Waals surface area (Å²) in [5.41, 5.74) is 6.54. The molecule has 0 aliphatic heterocycles. The first kappa shape index (κ1) is 21.0. The number of rotatable bonds is 2. The maximum absolute atomic E-state index is 5.32. The Labute approximate surface area is 226 Å². The van der Waals surface area contributed by atoms with E-state index in [0.717, 1.165) is 43.5 Å². The Bertz CT molecular complexity index is 2390. The number of aromatic amines is 1. The first-order valence-electron chi connectivity index (χ1n) is 13.0. The number of fused-ring (bicyclic) bond motifs is 10. The van der Waals surface area contributed by atoms with Crippen LogP contribution < -0.4 is 0 Å². The number of aromatic nitrogens is 4. The highest BCUT2D eigenvalue weighted by atomic mass is 32.1. The molecule has 0 atom stereocenters. The van der Waals surface area contributed by atoms with Gasteiger partial charge >= 0.3 is 0 Å². The van der Waals surface area contributed by atoms with E-state index in [1.54, 1.807) is 11.3 Å². The number of nitrogens with zero attached hydrogens (tertiary/aromatic N) is 3. The summed E-state index contributed by atoms with van der Waals surface area (Å²) in [7, 11) is 0. The molecule has 4 aromatic heterocycles. The molecule has 9 rings (SSSR count). The largest absolute Gasteiger partial charge is 0.354 e. The van der Waals surface area contributed by atoms with E-state index in [1.165, 1.54) is 31.6 Å². The number of hydrogen-bond donors (Lipinski definition) is 1. The Balaban J connectivity index is 1.46. The van der Waals surface area contributed by atoms with Gasteiger partial charge in [0.1, 0.15) is 4.83 Å². The molecule has 9 aromatic rings. The number of benzene rings is 5. The van der Waals surface area contributed by atoms with Crippen LogP contribution in [0.3, 0.4) is 0 Å². The van der Waals surface area contributed by atoms with Crippen molar-refractivity contribution < 1.29 is 0 Å². The second kappa shape index (κ2) is 7.76. The monoisotopic (exact) mass is 516 g/mol. The fourth-order valence-electron chi connectivity index (χ4n) is 6.13. The Hall–Kier alpha value is -5.00. The molecule has 0 spiro atoms. The zero-order valence-electron chi connectivity index (χ0n) is 20.7. The van der Waals surface area contributed by atoms with E-state index in [1.807, 2.05) is 6.07 Å². The van der Waals surface area contributed by atoms with Crippen LogP contribution in [0.1, 0.15) is 0 Å². The van der Waals surface area contributed by atoms with Gasteiger partial charge in [-0.05, 0) is 30.3 Å². The molecule has 0 unspecified atom stereocenters. The van der Waals surface area contributed by atoms with Gasteiger partial charge in [0.2, 0.25) is 5.95 Å². The zero-order chi connectivity index (χ0) is 25.5.